The van der Waals surface area contributed by atoms with Crippen molar-refractivity contribution in [1.29, 1.82) is 0 Å². The molecule has 1 aromatic rings. The van der Waals surface area contributed by atoms with Crippen LogP contribution in [0.15, 0.2) is 13.6 Å². The monoisotopic (exact) mass is 368 g/mol. The molecule has 2 rings (SSSR count). The van der Waals surface area contributed by atoms with Gasteiger partial charge in [-0.2, -0.15) is 0 Å². The van der Waals surface area contributed by atoms with Crippen molar-refractivity contribution in [2.24, 2.45) is 11.8 Å². The average Bonchev–Trinajstić information content (AvgIpc) is 2.61. The highest BCUT2D eigenvalue weighted by molar-refractivity contribution is 9.12. The molecule has 0 amide bonds. The molecule has 1 fully saturated rings. The highest BCUT2D eigenvalue weighted by Crippen LogP contribution is 2.39. The topological polar surface area (TPSA) is 47.3 Å². The maximum Gasteiger partial charge on any atom is 0.0758 e. The smallest absolute Gasteiger partial charge is 0.0758 e. The van der Waals surface area contributed by atoms with E-state index in [0.717, 1.165) is 33.6 Å². The van der Waals surface area contributed by atoms with Gasteiger partial charge in [0.05, 0.1) is 20.2 Å². The van der Waals surface area contributed by atoms with Crippen LogP contribution in [0.5, 0.6) is 0 Å². The number of rotatable bonds is 3. The number of hydrogen-bond acceptors (Lipinski definition) is 4. The molecule has 0 bridgehead atoms. The summed E-state index contributed by atoms with van der Waals surface area (Å²) in [5, 5.41) is 0. The molecule has 16 heavy (non-hydrogen) atoms. The maximum absolute atomic E-state index is 5.68. The van der Waals surface area contributed by atoms with Gasteiger partial charge in [-0.15, -0.1) is 11.3 Å². The van der Waals surface area contributed by atoms with Crippen LogP contribution in [-0.2, 0) is 4.74 Å². The number of hydrogen-bond donors (Lipinski definition) is 2. The van der Waals surface area contributed by atoms with Gasteiger partial charge in [-0.25, -0.2) is 0 Å². The molecule has 1 aromatic heterocycles. The van der Waals surface area contributed by atoms with Gasteiger partial charge in [-0.3, -0.25) is 11.3 Å². The fraction of sp³-hybridized carbons (Fsp3) is 0.600. The first-order valence-corrected chi connectivity index (χ1v) is 7.61. The van der Waals surface area contributed by atoms with Crippen molar-refractivity contribution in [2.45, 2.75) is 18.9 Å². The molecule has 1 aliphatic heterocycles. The second-order valence-electron chi connectivity index (χ2n) is 3.90. The van der Waals surface area contributed by atoms with Gasteiger partial charge < -0.3 is 4.74 Å². The predicted octanol–water partition coefficient (Wildman–Crippen LogP) is 3.20. The zero-order valence-corrected chi connectivity index (χ0v) is 12.7. The minimum absolute atomic E-state index is 0.164. The van der Waals surface area contributed by atoms with Crippen molar-refractivity contribution in [1.82, 2.24) is 5.43 Å². The fourth-order valence-electron chi connectivity index (χ4n) is 2.07. The fourth-order valence-corrected chi connectivity index (χ4v) is 5.00. The quantitative estimate of drug-likeness (QED) is 0.635. The van der Waals surface area contributed by atoms with Crippen LogP contribution >= 0.6 is 43.2 Å². The van der Waals surface area contributed by atoms with Gasteiger partial charge in [0.2, 0.25) is 0 Å². The highest BCUT2D eigenvalue weighted by atomic mass is 79.9. The molecule has 3 N–H and O–H groups in total. The lowest BCUT2D eigenvalue weighted by Crippen LogP contribution is -2.37. The van der Waals surface area contributed by atoms with Gasteiger partial charge in [0.1, 0.15) is 0 Å². The summed E-state index contributed by atoms with van der Waals surface area (Å²) in [5.74, 6) is 6.13. The molecule has 2 atom stereocenters. The number of hydrazine groups is 1. The molecular formula is C10H14Br2N2OS. The summed E-state index contributed by atoms with van der Waals surface area (Å²) in [6.07, 6.45) is 2.28. The minimum Gasteiger partial charge on any atom is -0.381 e. The standard InChI is InChI=1S/C10H14Br2N2OS/c11-8-4-7(10(12)16-8)9(14-13)6-2-1-3-15-5-6/h4,6,9,14H,1-3,5,13H2. The van der Waals surface area contributed by atoms with Crippen molar-refractivity contribution >= 4 is 43.2 Å². The number of ether oxygens (including phenoxy) is 1. The number of nitrogens with two attached hydrogens (primary N) is 1. The van der Waals surface area contributed by atoms with Crippen molar-refractivity contribution in [3.8, 4) is 0 Å². The van der Waals surface area contributed by atoms with E-state index in [-0.39, 0.29) is 6.04 Å². The Kier molecular flexibility index (Phi) is 4.81. The lowest BCUT2D eigenvalue weighted by molar-refractivity contribution is 0.0390. The largest absolute Gasteiger partial charge is 0.381 e. The van der Waals surface area contributed by atoms with Crippen LogP contribution in [0, 0.1) is 5.92 Å². The first-order chi connectivity index (χ1) is 7.72. The lowest BCUT2D eigenvalue weighted by Gasteiger charge is -2.29. The molecular weight excluding hydrogens is 356 g/mol. The van der Waals surface area contributed by atoms with Gasteiger partial charge in [-0.1, -0.05) is 0 Å². The highest BCUT2D eigenvalue weighted by Gasteiger charge is 2.27. The molecule has 0 aromatic carbocycles. The van der Waals surface area contributed by atoms with Gasteiger partial charge in [0.15, 0.2) is 0 Å². The summed E-state index contributed by atoms with van der Waals surface area (Å²) in [4.78, 5) is 0. The summed E-state index contributed by atoms with van der Waals surface area (Å²) in [6.45, 7) is 1.66. The van der Waals surface area contributed by atoms with Gasteiger partial charge in [-0.05, 0) is 56.3 Å². The van der Waals surface area contributed by atoms with E-state index in [1.807, 2.05) is 0 Å². The summed E-state index contributed by atoms with van der Waals surface area (Å²) in [5.41, 5.74) is 4.14. The van der Waals surface area contributed by atoms with E-state index in [1.165, 1.54) is 5.56 Å². The van der Waals surface area contributed by atoms with Crippen LogP contribution in [0.1, 0.15) is 24.4 Å². The molecule has 0 spiro atoms. The first kappa shape index (κ1) is 13.0. The zero-order valence-electron chi connectivity index (χ0n) is 8.71. The molecule has 90 valence electrons. The maximum atomic E-state index is 5.68. The SMILES string of the molecule is NNC(c1cc(Br)sc1Br)C1CCCOC1. The molecule has 0 aliphatic carbocycles. The van der Waals surface area contributed by atoms with Crippen LogP contribution in [0.25, 0.3) is 0 Å². The van der Waals surface area contributed by atoms with E-state index < -0.39 is 0 Å². The van der Waals surface area contributed by atoms with E-state index in [4.69, 9.17) is 10.6 Å². The van der Waals surface area contributed by atoms with Crippen molar-refractivity contribution in [3.05, 3.63) is 19.2 Å². The van der Waals surface area contributed by atoms with Gasteiger partial charge >= 0.3 is 0 Å². The Bertz CT molecular complexity index is 353. The Morgan fingerprint density at radius 3 is 2.88 bits per heavy atom. The summed E-state index contributed by atoms with van der Waals surface area (Å²) in [7, 11) is 0. The van der Waals surface area contributed by atoms with Crippen LogP contribution < -0.4 is 11.3 Å². The van der Waals surface area contributed by atoms with E-state index in [1.54, 1.807) is 11.3 Å². The van der Waals surface area contributed by atoms with Crippen LogP contribution in [0.2, 0.25) is 0 Å². The molecule has 0 radical (unpaired) electrons. The minimum atomic E-state index is 0.164. The van der Waals surface area contributed by atoms with Crippen LogP contribution in [0.4, 0.5) is 0 Å². The second kappa shape index (κ2) is 5.93. The van der Waals surface area contributed by atoms with E-state index in [2.05, 4.69) is 43.4 Å². The number of thiophene rings is 1. The molecule has 1 aliphatic rings. The summed E-state index contributed by atoms with van der Waals surface area (Å²) < 4.78 is 7.76. The van der Waals surface area contributed by atoms with Crippen LogP contribution in [0.3, 0.4) is 0 Å². The lowest BCUT2D eigenvalue weighted by atomic mass is 9.90. The molecule has 2 unspecified atom stereocenters. The molecule has 1 saturated heterocycles. The number of nitrogens with one attached hydrogen (secondary N) is 1. The Hall–Kier alpha value is 0.540. The second-order valence-corrected chi connectivity index (χ2v) is 7.65. The summed E-state index contributed by atoms with van der Waals surface area (Å²) in [6, 6.07) is 2.28. The molecule has 3 nitrogen and oxygen atoms in total. The Labute approximate surface area is 116 Å². The Morgan fingerprint density at radius 2 is 2.38 bits per heavy atom. The first-order valence-electron chi connectivity index (χ1n) is 5.21. The van der Waals surface area contributed by atoms with Crippen molar-refractivity contribution in [3.63, 3.8) is 0 Å². The third-order valence-corrected chi connectivity index (χ3v) is 5.25. The van der Waals surface area contributed by atoms with Crippen molar-refractivity contribution in [2.75, 3.05) is 13.2 Å². The molecule has 2 heterocycles. The normalized spacial score (nSPS) is 23.3. The number of halogens is 2. The summed E-state index contributed by atoms with van der Waals surface area (Å²) >= 11 is 8.74. The Morgan fingerprint density at radius 1 is 1.56 bits per heavy atom. The van der Waals surface area contributed by atoms with Crippen molar-refractivity contribution < 1.29 is 4.74 Å². The Balaban J connectivity index is 2.17. The molecule has 6 heteroatoms. The van der Waals surface area contributed by atoms with E-state index in [9.17, 15) is 0 Å². The van der Waals surface area contributed by atoms with Crippen LogP contribution in [-0.4, -0.2) is 13.2 Å². The van der Waals surface area contributed by atoms with E-state index in [0.29, 0.717) is 5.92 Å². The van der Waals surface area contributed by atoms with Gasteiger partial charge in [0, 0.05) is 12.5 Å². The zero-order chi connectivity index (χ0) is 11.5. The predicted molar refractivity (Wildman–Crippen MR) is 73.3 cm³/mol. The van der Waals surface area contributed by atoms with Gasteiger partial charge in [0.25, 0.3) is 0 Å². The molecule has 0 saturated carbocycles. The third kappa shape index (κ3) is 2.86. The van der Waals surface area contributed by atoms with E-state index >= 15 is 0 Å². The third-order valence-electron chi connectivity index (χ3n) is 2.86. The average molecular weight is 370 g/mol.